The number of hydrogen-bond donors (Lipinski definition) is 1. The minimum atomic E-state index is 0.527. The summed E-state index contributed by atoms with van der Waals surface area (Å²) in [6.07, 6.45) is 2.12. The van der Waals surface area contributed by atoms with Crippen LogP contribution >= 0.6 is 23.2 Å². The first-order valence-electron chi connectivity index (χ1n) is 6.20. The van der Waals surface area contributed by atoms with Gasteiger partial charge >= 0.3 is 0 Å². The molecule has 0 saturated carbocycles. The zero-order chi connectivity index (χ0) is 12.8. The Bertz CT molecular complexity index is 350. The molecule has 1 nitrogen and oxygen atoms in total. The summed E-state index contributed by atoms with van der Waals surface area (Å²) in [4.78, 5) is 0. The van der Waals surface area contributed by atoms with E-state index in [1.807, 2.05) is 18.2 Å². The van der Waals surface area contributed by atoms with Crippen LogP contribution in [0.25, 0.3) is 0 Å². The second-order valence-corrected chi connectivity index (χ2v) is 5.62. The fraction of sp³-hybridized carbons (Fsp3) is 0.571. The molecule has 0 aliphatic heterocycles. The zero-order valence-corrected chi connectivity index (χ0v) is 12.3. The van der Waals surface area contributed by atoms with E-state index in [2.05, 4.69) is 26.1 Å². The lowest BCUT2D eigenvalue weighted by Gasteiger charge is -2.18. The summed E-state index contributed by atoms with van der Waals surface area (Å²) in [6.45, 7) is 7.57. The maximum atomic E-state index is 6.18. The fourth-order valence-electron chi connectivity index (χ4n) is 1.77. The van der Waals surface area contributed by atoms with E-state index < -0.39 is 0 Å². The van der Waals surface area contributed by atoms with E-state index in [4.69, 9.17) is 23.2 Å². The van der Waals surface area contributed by atoms with Gasteiger partial charge in [-0.3, -0.25) is 0 Å². The maximum Gasteiger partial charge on any atom is 0.0439 e. The molecule has 0 bridgehead atoms. The predicted molar refractivity (Wildman–Crippen MR) is 77.1 cm³/mol. The Labute approximate surface area is 115 Å². The average Bonchev–Trinajstić information content (AvgIpc) is 2.28. The van der Waals surface area contributed by atoms with Crippen LogP contribution in [-0.2, 0) is 6.42 Å². The number of hydrogen-bond acceptors (Lipinski definition) is 1. The second-order valence-electron chi connectivity index (χ2n) is 4.78. The standard InChI is InChI=1S/C14H21Cl2N/c1-4-11(9-17-10(2)3)7-12-8-13(15)5-6-14(12)16/h5-6,8,10-11,17H,4,7,9H2,1-3H3. The molecule has 1 atom stereocenters. The van der Waals surface area contributed by atoms with Crippen LogP contribution in [0, 0.1) is 5.92 Å². The van der Waals surface area contributed by atoms with Crippen molar-refractivity contribution in [2.75, 3.05) is 6.54 Å². The minimum Gasteiger partial charge on any atom is -0.314 e. The van der Waals surface area contributed by atoms with Crippen LogP contribution in [0.1, 0.15) is 32.8 Å². The van der Waals surface area contributed by atoms with Crippen molar-refractivity contribution in [1.29, 1.82) is 0 Å². The third-order valence-electron chi connectivity index (χ3n) is 2.91. The molecule has 0 aromatic heterocycles. The van der Waals surface area contributed by atoms with Crippen LogP contribution in [0.5, 0.6) is 0 Å². The number of rotatable bonds is 6. The van der Waals surface area contributed by atoms with E-state index >= 15 is 0 Å². The molecule has 17 heavy (non-hydrogen) atoms. The Morgan fingerprint density at radius 3 is 2.53 bits per heavy atom. The minimum absolute atomic E-state index is 0.527. The molecule has 0 saturated heterocycles. The average molecular weight is 274 g/mol. The summed E-state index contributed by atoms with van der Waals surface area (Å²) in [6, 6.07) is 6.21. The van der Waals surface area contributed by atoms with Crippen molar-refractivity contribution in [1.82, 2.24) is 5.32 Å². The summed E-state index contributed by atoms with van der Waals surface area (Å²) in [7, 11) is 0. The van der Waals surface area contributed by atoms with Gasteiger partial charge in [0.05, 0.1) is 0 Å². The lowest BCUT2D eigenvalue weighted by atomic mass is 9.96. The van der Waals surface area contributed by atoms with Crippen LogP contribution in [0.4, 0.5) is 0 Å². The first-order valence-corrected chi connectivity index (χ1v) is 6.95. The lowest BCUT2D eigenvalue weighted by molar-refractivity contribution is 0.436. The van der Waals surface area contributed by atoms with Crippen molar-refractivity contribution in [2.24, 2.45) is 5.92 Å². The summed E-state index contributed by atoms with van der Waals surface area (Å²) in [5, 5.41) is 5.05. The van der Waals surface area contributed by atoms with Crippen molar-refractivity contribution >= 4 is 23.2 Å². The molecule has 1 unspecified atom stereocenters. The van der Waals surface area contributed by atoms with E-state index in [-0.39, 0.29) is 0 Å². The Morgan fingerprint density at radius 1 is 1.24 bits per heavy atom. The summed E-state index contributed by atoms with van der Waals surface area (Å²) >= 11 is 12.2. The Balaban J connectivity index is 2.63. The smallest absolute Gasteiger partial charge is 0.0439 e. The second kappa shape index (κ2) is 7.25. The zero-order valence-electron chi connectivity index (χ0n) is 10.8. The highest BCUT2D eigenvalue weighted by molar-refractivity contribution is 6.33. The van der Waals surface area contributed by atoms with Crippen LogP contribution in [0.2, 0.25) is 10.0 Å². The van der Waals surface area contributed by atoms with Gasteiger partial charge in [0.25, 0.3) is 0 Å². The van der Waals surface area contributed by atoms with Gasteiger partial charge in [0, 0.05) is 16.1 Å². The molecule has 1 aromatic rings. The highest BCUT2D eigenvalue weighted by atomic mass is 35.5. The molecule has 0 spiro atoms. The van der Waals surface area contributed by atoms with Crippen molar-refractivity contribution in [3.63, 3.8) is 0 Å². The Morgan fingerprint density at radius 2 is 1.94 bits per heavy atom. The third kappa shape index (κ3) is 5.29. The number of nitrogens with one attached hydrogen (secondary N) is 1. The van der Waals surface area contributed by atoms with E-state index in [0.29, 0.717) is 12.0 Å². The van der Waals surface area contributed by atoms with Crippen molar-refractivity contribution in [3.05, 3.63) is 33.8 Å². The third-order valence-corrected chi connectivity index (χ3v) is 3.51. The largest absolute Gasteiger partial charge is 0.314 e. The van der Waals surface area contributed by atoms with Gasteiger partial charge in [-0.2, -0.15) is 0 Å². The van der Waals surface area contributed by atoms with Crippen molar-refractivity contribution < 1.29 is 0 Å². The topological polar surface area (TPSA) is 12.0 Å². The van der Waals surface area contributed by atoms with Crippen LogP contribution in [0.15, 0.2) is 18.2 Å². The Kier molecular flexibility index (Phi) is 6.32. The van der Waals surface area contributed by atoms with Gasteiger partial charge in [-0.1, -0.05) is 50.4 Å². The van der Waals surface area contributed by atoms with Gasteiger partial charge in [-0.25, -0.2) is 0 Å². The molecule has 0 fully saturated rings. The molecule has 3 heteroatoms. The molecule has 0 aliphatic carbocycles. The molecule has 0 amide bonds. The van der Waals surface area contributed by atoms with Crippen LogP contribution < -0.4 is 5.32 Å². The van der Waals surface area contributed by atoms with Crippen LogP contribution in [0.3, 0.4) is 0 Å². The molecule has 1 rings (SSSR count). The first kappa shape index (κ1) is 14.8. The molecule has 1 aromatic carbocycles. The lowest BCUT2D eigenvalue weighted by Crippen LogP contribution is -2.29. The molecule has 0 aliphatic rings. The number of benzene rings is 1. The van der Waals surface area contributed by atoms with Crippen molar-refractivity contribution in [3.8, 4) is 0 Å². The van der Waals surface area contributed by atoms with Crippen molar-refractivity contribution in [2.45, 2.75) is 39.7 Å². The van der Waals surface area contributed by atoms with Gasteiger partial charge < -0.3 is 5.32 Å². The first-order chi connectivity index (χ1) is 8.02. The van der Waals surface area contributed by atoms with E-state index in [9.17, 15) is 0 Å². The Hall–Kier alpha value is -0.240. The van der Waals surface area contributed by atoms with Gasteiger partial charge in [-0.15, -0.1) is 0 Å². The highest BCUT2D eigenvalue weighted by Gasteiger charge is 2.10. The molecule has 0 radical (unpaired) electrons. The molecule has 96 valence electrons. The molecular weight excluding hydrogens is 253 g/mol. The fourth-order valence-corrected chi connectivity index (χ4v) is 2.16. The monoisotopic (exact) mass is 273 g/mol. The van der Waals surface area contributed by atoms with Gasteiger partial charge in [-0.05, 0) is 42.6 Å². The molecule has 1 N–H and O–H groups in total. The summed E-state index contributed by atoms with van der Waals surface area (Å²) in [5.41, 5.74) is 1.15. The van der Waals surface area contributed by atoms with Gasteiger partial charge in [0.1, 0.15) is 0 Å². The predicted octanol–water partition coefficient (Wildman–Crippen LogP) is 4.56. The number of halogens is 2. The van der Waals surface area contributed by atoms with E-state index in [0.717, 1.165) is 35.0 Å². The van der Waals surface area contributed by atoms with Gasteiger partial charge in [0.15, 0.2) is 0 Å². The van der Waals surface area contributed by atoms with E-state index in [1.54, 1.807) is 0 Å². The molecule has 0 heterocycles. The normalized spacial score (nSPS) is 13.1. The van der Waals surface area contributed by atoms with Crippen LogP contribution in [-0.4, -0.2) is 12.6 Å². The molecular formula is C14H21Cl2N. The highest BCUT2D eigenvalue weighted by Crippen LogP contribution is 2.24. The SMILES string of the molecule is CCC(CNC(C)C)Cc1cc(Cl)ccc1Cl. The quantitative estimate of drug-likeness (QED) is 0.801. The summed E-state index contributed by atoms with van der Waals surface area (Å²) < 4.78 is 0. The van der Waals surface area contributed by atoms with Gasteiger partial charge in [0.2, 0.25) is 0 Å². The maximum absolute atomic E-state index is 6.18. The van der Waals surface area contributed by atoms with E-state index in [1.165, 1.54) is 0 Å². The summed E-state index contributed by atoms with van der Waals surface area (Å²) in [5.74, 6) is 0.605.